The maximum atomic E-state index is 10.3. The smallest absolute Gasteiger partial charge is 0.303 e. The molecular formula is C31H64O7. The topological polar surface area (TPSA) is 135 Å². The molecule has 0 rings (SSSR count). The van der Waals surface area contributed by atoms with Gasteiger partial charge in [0.2, 0.25) is 0 Å². The Morgan fingerprint density at radius 1 is 0.447 bits per heavy atom. The summed E-state index contributed by atoms with van der Waals surface area (Å²) < 4.78 is 0. The number of unbranched alkanes of at least 4 members (excludes halogenated alkanes) is 20. The molecule has 38 heavy (non-hydrogen) atoms. The minimum absolute atomic E-state index is 0.344. The molecule has 0 heterocycles. The van der Waals surface area contributed by atoms with Crippen molar-refractivity contribution < 1.29 is 35.1 Å². The fourth-order valence-electron chi connectivity index (χ4n) is 3.94. The Kier molecular flexibility index (Phi) is 41.3. The number of hydrogen-bond donors (Lipinski definition) is 5. The third-order valence-electron chi connectivity index (χ3n) is 6.41. The second kappa shape index (κ2) is 38.0. The quantitative estimate of drug-likeness (QED) is 0.0694. The molecule has 0 aliphatic rings. The van der Waals surface area contributed by atoms with E-state index in [9.17, 15) is 9.59 Å². The summed E-state index contributed by atoms with van der Waals surface area (Å²) in [5, 5.41) is 40.9. The Morgan fingerprint density at radius 3 is 0.816 bits per heavy atom. The lowest BCUT2D eigenvalue weighted by Gasteiger charge is -2.01. The summed E-state index contributed by atoms with van der Waals surface area (Å²) in [6.45, 7) is 3.77. The summed E-state index contributed by atoms with van der Waals surface area (Å²) in [6.07, 6.45) is 27.8. The predicted molar refractivity (Wildman–Crippen MR) is 158 cm³/mol. The molecule has 0 aromatic heterocycles. The molecule has 0 aliphatic carbocycles. The number of carbonyl (C=O) groups is 2. The molecule has 0 fully saturated rings. The van der Waals surface area contributed by atoms with Crippen LogP contribution in [0.5, 0.6) is 0 Å². The van der Waals surface area contributed by atoms with E-state index in [0.717, 1.165) is 25.7 Å². The van der Waals surface area contributed by atoms with Crippen molar-refractivity contribution in [1.82, 2.24) is 0 Å². The van der Waals surface area contributed by atoms with Gasteiger partial charge in [-0.1, -0.05) is 142 Å². The summed E-state index contributed by atoms with van der Waals surface area (Å²) in [7, 11) is 0. The summed E-state index contributed by atoms with van der Waals surface area (Å²) >= 11 is 0. The fourth-order valence-corrected chi connectivity index (χ4v) is 3.94. The van der Waals surface area contributed by atoms with E-state index in [2.05, 4.69) is 13.8 Å². The molecule has 0 aliphatic heterocycles. The molecule has 7 nitrogen and oxygen atoms in total. The normalized spacial score (nSPS) is 10.5. The number of hydrogen-bond acceptors (Lipinski definition) is 5. The Hall–Kier alpha value is -1.18. The minimum Gasteiger partial charge on any atom is -0.481 e. The van der Waals surface area contributed by atoms with E-state index >= 15 is 0 Å². The van der Waals surface area contributed by atoms with E-state index in [1.54, 1.807) is 0 Å². The first kappa shape index (κ1) is 41.3. The van der Waals surface area contributed by atoms with Crippen molar-refractivity contribution in [3.63, 3.8) is 0 Å². The molecule has 230 valence electrons. The molecule has 0 saturated heterocycles. The first-order chi connectivity index (χ1) is 18.3. The van der Waals surface area contributed by atoms with E-state index in [-0.39, 0.29) is 13.2 Å². The van der Waals surface area contributed by atoms with Crippen LogP contribution in [0.1, 0.15) is 168 Å². The van der Waals surface area contributed by atoms with Crippen LogP contribution in [-0.4, -0.2) is 56.8 Å². The van der Waals surface area contributed by atoms with E-state index in [1.807, 2.05) is 0 Å². The van der Waals surface area contributed by atoms with E-state index in [4.69, 9.17) is 25.5 Å². The van der Waals surface area contributed by atoms with E-state index < -0.39 is 18.0 Å². The molecule has 0 bridgehead atoms. The molecule has 0 unspecified atom stereocenters. The molecule has 0 amide bonds. The highest BCUT2D eigenvalue weighted by atomic mass is 16.4. The van der Waals surface area contributed by atoms with Crippen LogP contribution in [0.2, 0.25) is 0 Å². The minimum atomic E-state index is -0.954. The molecule has 0 atom stereocenters. The zero-order valence-electron chi connectivity index (χ0n) is 25.0. The van der Waals surface area contributed by atoms with Gasteiger partial charge in [0.1, 0.15) is 6.10 Å². The standard InChI is InChI=1S/2C14H28O2.C3H8O3/c2*1-2-3-4-5-6-7-8-9-10-11-12-13-14(15)16;4-1-3(6)2-5/h2*2-13H2,1H3,(H,15,16);3-6H,1-2H2. The third-order valence-corrected chi connectivity index (χ3v) is 6.41. The first-order valence-electron chi connectivity index (χ1n) is 15.7. The lowest BCUT2D eigenvalue weighted by atomic mass is 10.1. The SMILES string of the molecule is CCCCCCCCCCCCCC(=O)O.CCCCCCCCCCCCCC(=O)O.OCC(O)CO. The third kappa shape index (κ3) is 47.9. The van der Waals surface area contributed by atoms with Crippen molar-refractivity contribution in [2.75, 3.05) is 13.2 Å². The van der Waals surface area contributed by atoms with Gasteiger partial charge in [0, 0.05) is 12.8 Å². The lowest BCUT2D eigenvalue weighted by Crippen LogP contribution is -2.15. The van der Waals surface area contributed by atoms with Gasteiger partial charge in [0.15, 0.2) is 0 Å². The largest absolute Gasteiger partial charge is 0.481 e. The number of aliphatic hydroxyl groups is 3. The van der Waals surface area contributed by atoms with Crippen molar-refractivity contribution in [2.24, 2.45) is 0 Å². The van der Waals surface area contributed by atoms with Gasteiger partial charge in [-0.3, -0.25) is 9.59 Å². The molecule has 0 spiro atoms. The van der Waals surface area contributed by atoms with Gasteiger partial charge in [-0.15, -0.1) is 0 Å². The molecule has 0 aromatic rings. The van der Waals surface area contributed by atoms with E-state index in [1.165, 1.54) is 116 Å². The predicted octanol–water partition coefficient (Wildman–Crippen LogP) is 7.88. The zero-order valence-corrected chi connectivity index (χ0v) is 25.0. The number of aliphatic hydroxyl groups excluding tert-OH is 3. The maximum absolute atomic E-state index is 10.3. The highest BCUT2D eigenvalue weighted by Crippen LogP contribution is 2.12. The highest BCUT2D eigenvalue weighted by molar-refractivity contribution is 5.66. The van der Waals surface area contributed by atoms with Crippen LogP contribution in [0.3, 0.4) is 0 Å². The molecule has 5 N–H and O–H groups in total. The molecule has 0 saturated carbocycles. The lowest BCUT2D eigenvalue weighted by molar-refractivity contribution is -0.138. The van der Waals surface area contributed by atoms with Gasteiger partial charge in [0.05, 0.1) is 13.2 Å². The number of carboxylic acids is 2. The van der Waals surface area contributed by atoms with E-state index in [0.29, 0.717) is 12.8 Å². The number of aliphatic carboxylic acids is 2. The van der Waals surface area contributed by atoms with Crippen LogP contribution in [0.15, 0.2) is 0 Å². The molecule has 0 aromatic carbocycles. The van der Waals surface area contributed by atoms with Gasteiger partial charge in [-0.25, -0.2) is 0 Å². The van der Waals surface area contributed by atoms with Gasteiger partial charge >= 0.3 is 11.9 Å². The second-order valence-corrected chi connectivity index (χ2v) is 10.4. The van der Waals surface area contributed by atoms with Crippen molar-refractivity contribution in [2.45, 2.75) is 174 Å². The van der Waals surface area contributed by atoms with Gasteiger partial charge < -0.3 is 25.5 Å². The summed E-state index contributed by atoms with van der Waals surface area (Å²) in [5.74, 6) is -1.31. The van der Waals surface area contributed by atoms with Gasteiger partial charge in [-0.05, 0) is 12.8 Å². The fraction of sp³-hybridized carbons (Fsp3) is 0.935. The van der Waals surface area contributed by atoms with Crippen molar-refractivity contribution in [3.05, 3.63) is 0 Å². The van der Waals surface area contributed by atoms with Crippen LogP contribution < -0.4 is 0 Å². The van der Waals surface area contributed by atoms with Crippen LogP contribution in [-0.2, 0) is 9.59 Å². The van der Waals surface area contributed by atoms with Gasteiger partial charge in [-0.2, -0.15) is 0 Å². The molecule has 7 heteroatoms. The summed E-state index contributed by atoms with van der Waals surface area (Å²) in [6, 6.07) is 0. The van der Waals surface area contributed by atoms with Crippen LogP contribution >= 0.6 is 0 Å². The Labute approximate surface area is 234 Å². The second-order valence-electron chi connectivity index (χ2n) is 10.4. The van der Waals surface area contributed by atoms with Crippen molar-refractivity contribution in [1.29, 1.82) is 0 Å². The Morgan fingerprint density at radius 2 is 0.658 bits per heavy atom. The Balaban J connectivity index is -0.000000532. The Bertz CT molecular complexity index is 418. The van der Waals surface area contributed by atoms with Crippen LogP contribution in [0.25, 0.3) is 0 Å². The van der Waals surface area contributed by atoms with Crippen LogP contribution in [0, 0.1) is 0 Å². The van der Waals surface area contributed by atoms with Gasteiger partial charge in [0.25, 0.3) is 0 Å². The average Bonchev–Trinajstić information content (AvgIpc) is 2.90. The maximum Gasteiger partial charge on any atom is 0.303 e. The number of carboxylic acid groups (broad SMARTS) is 2. The van der Waals surface area contributed by atoms with Crippen molar-refractivity contribution in [3.8, 4) is 0 Å². The monoisotopic (exact) mass is 548 g/mol. The molecule has 0 radical (unpaired) electrons. The zero-order chi connectivity index (χ0) is 29.1. The van der Waals surface area contributed by atoms with Crippen LogP contribution in [0.4, 0.5) is 0 Å². The van der Waals surface area contributed by atoms with Crippen molar-refractivity contribution >= 4 is 11.9 Å². The number of rotatable bonds is 26. The molecular weight excluding hydrogens is 484 g/mol. The average molecular weight is 549 g/mol. The highest BCUT2D eigenvalue weighted by Gasteiger charge is 1.98. The summed E-state index contributed by atoms with van der Waals surface area (Å²) in [5.41, 5.74) is 0. The summed E-state index contributed by atoms with van der Waals surface area (Å²) in [4.78, 5) is 20.5. The first-order valence-corrected chi connectivity index (χ1v) is 15.7.